The average Bonchev–Trinajstić information content (AvgIpc) is 1.97. The van der Waals surface area contributed by atoms with Gasteiger partial charge >= 0.3 is 0 Å². The van der Waals surface area contributed by atoms with Crippen molar-refractivity contribution < 1.29 is 5.11 Å². The summed E-state index contributed by atoms with van der Waals surface area (Å²) in [7, 11) is 0. The zero-order valence-electron chi connectivity index (χ0n) is 11.5. The van der Waals surface area contributed by atoms with E-state index in [2.05, 4.69) is 25.7 Å². The molecule has 1 aliphatic rings. The highest BCUT2D eigenvalue weighted by Crippen LogP contribution is 2.34. The number of piperidine rings is 1. The first-order chi connectivity index (χ1) is 7.09. The van der Waals surface area contributed by atoms with Crippen molar-refractivity contribution in [1.29, 1.82) is 0 Å². The smallest absolute Gasteiger partial charge is 0.0700 e. The van der Waals surface area contributed by atoms with Gasteiger partial charge in [0, 0.05) is 18.6 Å². The van der Waals surface area contributed by atoms with Crippen molar-refractivity contribution in [2.24, 2.45) is 17.1 Å². The van der Waals surface area contributed by atoms with Crippen LogP contribution in [0.1, 0.15) is 41.0 Å². The lowest BCUT2D eigenvalue weighted by atomic mass is 9.73. The van der Waals surface area contributed by atoms with Crippen LogP contribution in [0.3, 0.4) is 0 Å². The molecule has 1 rings (SSSR count). The number of likely N-dealkylation sites (tertiary alicyclic amines) is 1. The van der Waals surface area contributed by atoms with Gasteiger partial charge in [0.25, 0.3) is 0 Å². The second kappa shape index (κ2) is 4.63. The number of rotatable bonds is 2. The average molecular weight is 228 g/mol. The van der Waals surface area contributed by atoms with Crippen molar-refractivity contribution in [2.75, 3.05) is 19.6 Å². The molecule has 16 heavy (non-hydrogen) atoms. The van der Waals surface area contributed by atoms with Gasteiger partial charge in [0.05, 0.1) is 6.10 Å². The molecule has 1 fully saturated rings. The summed E-state index contributed by atoms with van der Waals surface area (Å²) in [5, 5.41) is 10.2. The van der Waals surface area contributed by atoms with E-state index in [0.717, 1.165) is 26.1 Å². The summed E-state index contributed by atoms with van der Waals surface area (Å²) >= 11 is 0. The fourth-order valence-corrected chi connectivity index (χ4v) is 2.73. The molecule has 1 aliphatic heterocycles. The lowest BCUT2D eigenvalue weighted by Crippen LogP contribution is -2.53. The number of aliphatic hydroxyl groups is 1. The lowest BCUT2D eigenvalue weighted by Gasteiger charge is -2.43. The molecule has 0 radical (unpaired) electrons. The summed E-state index contributed by atoms with van der Waals surface area (Å²) < 4.78 is 0. The van der Waals surface area contributed by atoms with Gasteiger partial charge in [0.15, 0.2) is 0 Å². The first-order valence-electron chi connectivity index (χ1n) is 6.29. The second-order valence-electron chi connectivity index (χ2n) is 7.05. The molecule has 3 heteroatoms. The van der Waals surface area contributed by atoms with Crippen LogP contribution >= 0.6 is 0 Å². The quantitative estimate of drug-likeness (QED) is 0.752. The molecule has 2 atom stereocenters. The van der Waals surface area contributed by atoms with Gasteiger partial charge in [-0.2, -0.15) is 0 Å². The molecule has 0 aromatic carbocycles. The third-order valence-electron chi connectivity index (χ3n) is 3.41. The second-order valence-corrected chi connectivity index (χ2v) is 7.05. The maximum atomic E-state index is 10.2. The predicted octanol–water partition coefficient (Wildman–Crippen LogP) is 1.45. The Morgan fingerprint density at radius 3 is 2.19 bits per heavy atom. The van der Waals surface area contributed by atoms with Crippen LogP contribution in [0.5, 0.6) is 0 Å². The summed E-state index contributed by atoms with van der Waals surface area (Å²) in [4.78, 5) is 2.28. The van der Waals surface area contributed by atoms with E-state index in [1.165, 1.54) is 0 Å². The third kappa shape index (κ3) is 4.04. The van der Waals surface area contributed by atoms with E-state index in [9.17, 15) is 5.11 Å². The normalized spacial score (nSPS) is 29.4. The van der Waals surface area contributed by atoms with Crippen LogP contribution in [0.25, 0.3) is 0 Å². The Morgan fingerprint density at radius 2 is 1.81 bits per heavy atom. The van der Waals surface area contributed by atoms with Crippen molar-refractivity contribution in [2.45, 2.75) is 52.7 Å². The van der Waals surface area contributed by atoms with E-state index in [1.54, 1.807) is 0 Å². The summed E-state index contributed by atoms with van der Waals surface area (Å²) in [6.07, 6.45) is 0.858. The van der Waals surface area contributed by atoms with Crippen molar-refractivity contribution in [3.05, 3.63) is 0 Å². The summed E-state index contributed by atoms with van der Waals surface area (Å²) in [5.41, 5.74) is 6.03. The van der Waals surface area contributed by atoms with Gasteiger partial charge in [-0.05, 0) is 38.1 Å². The molecule has 0 amide bonds. The molecule has 0 spiro atoms. The van der Waals surface area contributed by atoms with E-state index < -0.39 is 0 Å². The van der Waals surface area contributed by atoms with Crippen LogP contribution in [0.2, 0.25) is 0 Å². The molecule has 2 unspecified atom stereocenters. The van der Waals surface area contributed by atoms with Crippen LogP contribution in [0, 0.1) is 11.3 Å². The van der Waals surface area contributed by atoms with E-state index >= 15 is 0 Å². The number of nitrogens with zero attached hydrogens (tertiary/aromatic N) is 1. The minimum Gasteiger partial charge on any atom is -0.391 e. The Bertz CT molecular complexity index is 227. The number of β-amino-alcohol motifs (C(OH)–C–C–N with tert-alkyl or cyclic N) is 1. The molecular weight excluding hydrogens is 200 g/mol. The highest BCUT2D eigenvalue weighted by Gasteiger charge is 2.36. The Balaban J connectivity index is 2.52. The Hall–Kier alpha value is -0.120. The highest BCUT2D eigenvalue weighted by molar-refractivity contribution is 4.89. The van der Waals surface area contributed by atoms with Crippen LogP contribution in [0.4, 0.5) is 0 Å². The topological polar surface area (TPSA) is 49.5 Å². The molecule has 0 aromatic heterocycles. The van der Waals surface area contributed by atoms with Crippen molar-refractivity contribution in [1.82, 2.24) is 4.90 Å². The molecule has 1 heterocycles. The number of nitrogens with two attached hydrogens (primary N) is 1. The number of aliphatic hydroxyl groups excluding tert-OH is 1. The minimum absolute atomic E-state index is 0.172. The molecule has 0 bridgehead atoms. The Kier molecular flexibility index (Phi) is 4.04. The Labute approximate surface area is 100 Å². The van der Waals surface area contributed by atoms with E-state index in [-0.39, 0.29) is 17.1 Å². The first kappa shape index (κ1) is 13.9. The summed E-state index contributed by atoms with van der Waals surface area (Å²) in [6, 6.07) is 0. The van der Waals surface area contributed by atoms with Crippen LogP contribution in [0.15, 0.2) is 0 Å². The maximum Gasteiger partial charge on any atom is 0.0700 e. The van der Waals surface area contributed by atoms with Gasteiger partial charge in [-0.3, -0.25) is 4.90 Å². The molecule has 96 valence electrons. The van der Waals surface area contributed by atoms with Crippen molar-refractivity contribution in [3.8, 4) is 0 Å². The van der Waals surface area contributed by atoms with Gasteiger partial charge in [-0.25, -0.2) is 0 Å². The highest BCUT2D eigenvalue weighted by atomic mass is 16.3. The van der Waals surface area contributed by atoms with Crippen molar-refractivity contribution in [3.63, 3.8) is 0 Å². The van der Waals surface area contributed by atoms with E-state index in [1.807, 2.05) is 13.8 Å². The zero-order chi connectivity index (χ0) is 12.6. The van der Waals surface area contributed by atoms with Gasteiger partial charge in [-0.1, -0.05) is 20.8 Å². The third-order valence-corrected chi connectivity index (χ3v) is 3.41. The van der Waals surface area contributed by atoms with Crippen LogP contribution in [-0.2, 0) is 0 Å². The van der Waals surface area contributed by atoms with Crippen LogP contribution in [-0.4, -0.2) is 41.3 Å². The zero-order valence-corrected chi connectivity index (χ0v) is 11.5. The standard InChI is InChI=1S/C13H28N2O/c1-12(2,3)10-6-7-15(8-11(10)16)9-13(4,5)14/h10-11,16H,6-9,14H2,1-5H3. The fraction of sp³-hybridized carbons (Fsp3) is 1.00. The largest absolute Gasteiger partial charge is 0.391 e. The summed E-state index contributed by atoms with van der Waals surface area (Å²) in [5.74, 6) is 0.407. The van der Waals surface area contributed by atoms with Gasteiger partial charge in [0.2, 0.25) is 0 Å². The lowest BCUT2D eigenvalue weighted by molar-refractivity contribution is -0.0280. The molecular formula is C13H28N2O. The van der Waals surface area contributed by atoms with E-state index in [0.29, 0.717) is 5.92 Å². The molecule has 3 nitrogen and oxygen atoms in total. The SMILES string of the molecule is CC(C)(N)CN1CCC(C(C)(C)C)C(O)C1. The fourth-order valence-electron chi connectivity index (χ4n) is 2.73. The van der Waals surface area contributed by atoms with Gasteiger partial charge < -0.3 is 10.8 Å². The number of hydrogen-bond donors (Lipinski definition) is 2. The van der Waals surface area contributed by atoms with Gasteiger partial charge in [-0.15, -0.1) is 0 Å². The Morgan fingerprint density at radius 1 is 1.25 bits per heavy atom. The monoisotopic (exact) mass is 228 g/mol. The summed E-state index contributed by atoms with van der Waals surface area (Å²) in [6.45, 7) is 13.4. The maximum absolute atomic E-state index is 10.2. The molecule has 0 aliphatic carbocycles. The first-order valence-corrected chi connectivity index (χ1v) is 6.29. The number of hydrogen-bond acceptors (Lipinski definition) is 3. The van der Waals surface area contributed by atoms with Gasteiger partial charge in [0.1, 0.15) is 0 Å². The van der Waals surface area contributed by atoms with Crippen LogP contribution < -0.4 is 5.73 Å². The molecule has 1 saturated heterocycles. The molecule has 0 aromatic rings. The molecule has 0 saturated carbocycles. The predicted molar refractivity (Wildman–Crippen MR) is 68.3 cm³/mol. The van der Waals surface area contributed by atoms with Crippen molar-refractivity contribution >= 4 is 0 Å². The molecule has 3 N–H and O–H groups in total. The minimum atomic E-state index is -0.212. The van der Waals surface area contributed by atoms with E-state index in [4.69, 9.17) is 5.73 Å².